The van der Waals surface area contributed by atoms with Gasteiger partial charge in [0.15, 0.2) is 16.4 Å². The molecule has 0 aliphatic carbocycles. The third kappa shape index (κ3) is 5.27. The van der Waals surface area contributed by atoms with E-state index < -0.39 is 9.84 Å². The highest BCUT2D eigenvalue weighted by atomic mass is 32.2. The average molecular weight is 349 g/mol. The van der Waals surface area contributed by atoms with Gasteiger partial charge in [-0.25, -0.2) is 8.42 Å². The van der Waals surface area contributed by atoms with Crippen molar-refractivity contribution in [3.8, 4) is 11.5 Å². The molecule has 0 aromatic heterocycles. The third-order valence-electron chi connectivity index (χ3n) is 3.07. The number of carbonyl (C=O) groups is 1. The fraction of sp³-hybridized carbons (Fsp3) is 0.235. The van der Waals surface area contributed by atoms with E-state index in [-0.39, 0.29) is 17.4 Å². The Kier molecular flexibility index (Phi) is 5.81. The van der Waals surface area contributed by atoms with Gasteiger partial charge in [-0.15, -0.1) is 0 Å². The van der Waals surface area contributed by atoms with Crippen molar-refractivity contribution in [3.05, 3.63) is 48.5 Å². The molecular weight excluding hydrogens is 330 g/mol. The number of sulfone groups is 1. The van der Waals surface area contributed by atoms with Gasteiger partial charge >= 0.3 is 0 Å². The predicted octanol–water partition coefficient (Wildman–Crippen LogP) is 2.51. The molecular formula is C17H19NO5S. The minimum Gasteiger partial charge on any atom is -0.494 e. The molecule has 0 aliphatic rings. The van der Waals surface area contributed by atoms with E-state index in [1.54, 1.807) is 24.3 Å². The molecule has 2 aromatic carbocycles. The van der Waals surface area contributed by atoms with Gasteiger partial charge in [0, 0.05) is 11.9 Å². The van der Waals surface area contributed by atoms with Crippen molar-refractivity contribution in [1.82, 2.24) is 0 Å². The Balaban J connectivity index is 1.87. The highest BCUT2D eigenvalue weighted by Crippen LogP contribution is 2.18. The smallest absolute Gasteiger partial charge is 0.262 e. The second-order valence-electron chi connectivity index (χ2n) is 5.04. The molecule has 0 bridgehead atoms. The van der Waals surface area contributed by atoms with Gasteiger partial charge in [-0.1, -0.05) is 0 Å². The second-order valence-corrected chi connectivity index (χ2v) is 7.05. The fourth-order valence-corrected chi connectivity index (χ4v) is 2.56. The Labute approximate surface area is 141 Å². The van der Waals surface area contributed by atoms with Crippen LogP contribution in [0.1, 0.15) is 6.92 Å². The number of amides is 1. The van der Waals surface area contributed by atoms with Gasteiger partial charge in [0.2, 0.25) is 0 Å². The van der Waals surface area contributed by atoms with Gasteiger partial charge in [-0.05, 0) is 55.5 Å². The molecule has 0 spiro atoms. The van der Waals surface area contributed by atoms with Crippen LogP contribution in [-0.2, 0) is 14.6 Å². The van der Waals surface area contributed by atoms with E-state index in [1.165, 1.54) is 24.3 Å². The summed E-state index contributed by atoms with van der Waals surface area (Å²) in [5, 5.41) is 2.64. The Morgan fingerprint density at radius 2 is 1.50 bits per heavy atom. The summed E-state index contributed by atoms with van der Waals surface area (Å²) < 4.78 is 33.5. The Morgan fingerprint density at radius 3 is 2.00 bits per heavy atom. The molecule has 0 saturated carbocycles. The highest BCUT2D eigenvalue weighted by Gasteiger charge is 2.08. The van der Waals surface area contributed by atoms with Crippen molar-refractivity contribution < 1.29 is 22.7 Å². The molecule has 0 aliphatic heterocycles. The molecule has 0 radical (unpaired) electrons. The molecule has 1 N–H and O–H groups in total. The summed E-state index contributed by atoms with van der Waals surface area (Å²) in [6, 6.07) is 12.9. The van der Waals surface area contributed by atoms with E-state index >= 15 is 0 Å². The summed E-state index contributed by atoms with van der Waals surface area (Å²) >= 11 is 0. The van der Waals surface area contributed by atoms with Gasteiger partial charge < -0.3 is 14.8 Å². The molecule has 6 nitrogen and oxygen atoms in total. The number of hydrogen-bond acceptors (Lipinski definition) is 5. The van der Waals surface area contributed by atoms with Crippen LogP contribution in [0.4, 0.5) is 5.69 Å². The summed E-state index contributed by atoms with van der Waals surface area (Å²) in [5.41, 5.74) is 0.502. The quantitative estimate of drug-likeness (QED) is 0.830. The van der Waals surface area contributed by atoms with E-state index in [2.05, 4.69) is 5.32 Å². The second kappa shape index (κ2) is 7.83. The lowest BCUT2D eigenvalue weighted by Crippen LogP contribution is -2.20. The predicted molar refractivity (Wildman–Crippen MR) is 91.3 cm³/mol. The molecule has 0 unspecified atom stereocenters. The molecule has 0 saturated heterocycles. The number of carbonyl (C=O) groups excluding carboxylic acids is 1. The van der Waals surface area contributed by atoms with Crippen LogP contribution in [0.5, 0.6) is 11.5 Å². The number of ether oxygens (including phenoxy) is 2. The van der Waals surface area contributed by atoms with Crippen LogP contribution in [0, 0.1) is 0 Å². The van der Waals surface area contributed by atoms with Crippen LogP contribution >= 0.6 is 0 Å². The van der Waals surface area contributed by atoms with Crippen LogP contribution < -0.4 is 14.8 Å². The van der Waals surface area contributed by atoms with E-state index in [0.717, 1.165) is 12.0 Å². The minimum absolute atomic E-state index is 0.151. The first-order valence-electron chi connectivity index (χ1n) is 7.34. The largest absolute Gasteiger partial charge is 0.494 e. The monoisotopic (exact) mass is 349 g/mol. The third-order valence-corrected chi connectivity index (χ3v) is 4.20. The molecule has 2 aromatic rings. The standard InChI is InChI=1S/C17H19NO5S/c1-3-22-14-6-8-15(9-7-14)23-12-17(19)18-13-4-10-16(11-5-13)24(2,20)21/h4-11H,3,12H2,1-2H3,(H,18,19). The number of hydrogen-bond donors (Lipinski definition) is 1. The van der Waals surface area contributed by atoms with Gasteiger partial charge in [-0.3, -0.25) is 4.79 Å². The maximum Gasteiger partial charge on any atom is 0.262 e. The van der Waals surface area contributed by atoms with Crippen LogP contribution in [-0.4, -0.2) is 33.8 Å². The minimum atomic E-state index is -3.25. The Morgan fingerprint density at radius 1 is 0.958 bits per heavy atom. The number of benzene rings is 2. The van der Waals surface area contributed by atoms with Crippen molar-refractivity contribution >= 4 is 21.4 Å². The molecule has 1 amide bonds. The van der Waals surface area contributed by atoms with Crippen molar-refractivity contribution in [1.29, 1.82) is 0 Å². The maximum absolute atomic E-state index is 11.9. The first kappa shape index (κ1) is 17.8. The van der Waals surface area contributed by atoms with Crippen LogP contribution in [0.25, 0.3) is 0 Å². The topological polar surface area (TPSA) is 81.7 Å². The van der Waals surface area contributed by atoms with Crippen LogP contribution in [0.2, 0.25) is 0 Å². The molecule has 24 heavy (non-hydrogen) atoms. The zero-order valence-corrected chi connectivity index (χ0v) is 14.3. The lowest BCUT2D eigenvalue weighted by atomic mass is 10.3. The Hall–Kier alpha value is -2.54. The Bertz CT molecular complexity index is 783. The van der Waals surface area contributed by atoms with Gasteiger partial charge in [0.05, 0.1) is 11.5 Å². The van der Waals surface area contributed by atoms with Gasteiger partial charge in [0.25, 0.3) is 5.91 Å². The molecule has 0 heterocycles. The first-order valence-corrected chi connectivity index (χ1v) is 9.23. The van der Waals surface area contributed by atoms with Crippen molar-refractivity contribution in [2.24, 2.45) is 0 Å². The number of nitrogens with one attached hydrogen (secondary N) is 1. The van der Waals surface area contributed by atoms with E-state index in [4.69, 9.17) is 9.47 Å². The lowest BCUT2D eigenvalue weighted by Gasteiger charge is -2.09. The number of rotatable bonds is 7. The first-order chi connectivity index (χ1) is 11.4. The summed E-state index contributed by atoms with van der Waals surface area (Å²) in [5.74, 6) is 0.956. The highest BCUT2D eigenvalue weighted by molar-refractivity contribution is 7.90. The zero-order chi connectivity index (χ0) is 17.6. The van der Waals surface area contributed by atoms with Crippen LogP contribution in [0.3, 0.4) is 0 Å². The summed E-state index contributed by atoms with van der Waals surface area (Å²) in [4.78, 5) is 12.1. The van der Waals surface area contributed by atoms with E-state index in [9.17, 15) is 13.2 Å². The molecule has 0 atom stereocenters. The van der Waals surface area contributed by atoms with Gasteiger partial charge in [-0.2, -0.15) is 0 Å². The van der Waals surface area contributed by atoms with Crippen molar-refractivity contribution in [2.75, 3.05) is 24.8 Å². The van der Waals surface area contributed by atoms with E-state index in [0.29, 0.717) is 18.0 Å². The lowest BCUT2D eigenvalue weighted by molar-refractivity contribution is -0.118. The summed E-state index contributed by atoms with van der Waals surface area (Å²) in [7, 11) is -3.25. The SMILES string of the molecule is CCOc1ccc(OCC(=O)Nc2ccc(S(C)(=O)=O)cc2)cc1. The number of anilines is 1. The fourth-order valence-electron chi connectivity index (χ4n) is 1.93. The van der Waals surface area contributed by atoms with Crippen LogP contribution in [0.15, 0.2) is 53.4 Å². The van der Waals surface area contributed by atoms with Crippen molar-refractivity contribution in [3.63, 3.8) is 0 Å². The maximum atomic E-state index is 11.9. The molecule has 7 heteroatoms. The normalized spacial score (nSPS) is 10.9. The van der Waals surface area contributed by atoms with Gasteiger partial charge in [0.1, 0.15) is 11.5 Å². The zero-order valence-electron chi connectivity index (χ0n) is 13.5. The molecule has 2 rings (SSSR count). The molecule has 0 fully saturated rings. The summed E-state index contributed by atoms with van der Waals surface area (Å²) in [6.45, 7) is 2.33. The average Bonchev–Trinajstić information content (AvgIpc) is 2.54. The molecule has 128 valence electrons. The van der Waals surface area contributed by atoms with Crippen molar-refractivity contribution in [2.45, 2.75) is 11.8 Å². The van der Waals surface area contributed by atoms with E-state index in [1.807, 2.05) is 6.92 Å². The summed E-state index contributed by atoms with van der Waals surface area (Å²) in [6.07, 6.45) is 1.13.